The van der Waals surface area contributed by atoms with E-state index in [4.69, 9.17) is 15.3 Å². The van der Waals surface area contributed by atoms with Gasteiger partial charge in [0, 0.05) is 26.7 Å². The summed E-state index contributed by atoms with van der Waals surface area (Å²) in [5, 5.41) is 3.15. The van der Waals surface area contributed by atoms with E-state index in [9.17, 15) is 0 Å². The van der Waals surface area contributed by atoms with E-state index in [0.717, 1.165) is 13.1 Å². The number of hydrogen-bond donors (Lipinski definition) is 3. The van der Waals surface area contributed by atoms with Crippen molar-refractivity contribution in [3.05, 3.63) is 0 Å². The maximum atomic E-state index is 5.43. The lowest BCUT2D eigenvalue weighted by molar-refractivity contribution is 0.0342. The molecule has 0 bridgehead atoms. The second kappa shape index (κ2) is 6.83. The van der Waals surface area contributed by atoms with E-state index < -0.39 is 0 Å². The standard InChI is InChI=1S/C12H23N7O2/c1-12(2,20-3)8-14-9-15-10(18-13)17-11(16-9)19-4-6-21-7-5-19/h4-8,13H2,1-3H3,(H2,14,15,16,17,18). The molecule has 9 heteroatoms. The molecule has 0 aromatic carbocycles. The number of methoxy groups -OCH3 is 1. The minimum Gasteiger partial charge on any atom is -0.378 e. The van der Waals surface area contributed by atoms with E-state index in [-0.39, 0.29) is 5.60 Å². The van der Waals surface area contributed by atoms with Gasteiger partial charge in [0.25, 0.3) is 0 Å². The monoisotopic (exact) mass is 297 g/mol. The molecule has 1 saturated heterocycles. The molecular weight excluding hydrogens is 274 g/mol. The minimum absolute atomic E-state index is 0.317. The van der Waals surface area contributed by atoms with Gasteiger partial charge in [-0.1, -0.05) is 0 Å². The minimum atomic E-state index is -0.317. The third-order valence-electron chi connectivity index (χ3n) is 3.27. The van der Waals surface area contributed by atoms with Gasteiger partial charge in [-0.2, -0.15) is 15.0 Å². The van der Waals surface area contributed by atoms with Crippen LogP contribution in [0.4, 0.5) is 17.8 Å². The molecule has 0 aliphatic carbocycles. The van der Waals surface area contributed by atoms with Gasteiger partial charge in [0.2, 0.25) is 17.8 Å². The predicted molar refractivity (Wildman–Crippen MR) is 80.2 cm³/mol. The van der Waals surface area contributed by atoms with Gasteiger partial charge in [0.05, 0.1) is 18.8 Å². The summed E-state index contributed by atoms with van der Waals surface area (Å²) in [6, 6.07) is 0. The van der Waals surface area contributed by atoms with Crippen molar-refractivity contribution in [2.75, 3.05) is 55.6 Å². The van der Waals surface area contributed by atoms with Gasteiger partial charge >= 0.3 is 0 Å². The average molecular weight is 297 g/mol. The Morgan fingerprint density at radius 1 is 1.24 bits per heavy atom. The molecule has 1 fully saturated rings. The Hall–Kier alpha value is -1.71. The second-order valence-electron chi connectivity index (χ2n) is 5.34. The van der Waals surface area contributed by atoms with Crippen LogP contribution < -0.4 is 21.5 Å². The molecule has 2 heterocycles. The molecule has 1 aromatic rings. The van der Waals surface area contributed by atoms with Gasteiger partial charge in [-0.15, -0.1) is 0 Å². The normalized spacial score (nSPS) is 15.9. The van der Waals surface area contributed by atoms with Crippen LogP contribution in [0, 0.1) is 0 Å². The first-order chi connectivity index (χ1) is 10.0. The summed E-state index contributed by atoms with van der Waals surface area (Å²) in [6.45, 7) is 7.35. The number of aromatic nitrogens is 3. The van der Waals surface area contributed by atoms with Crippen LogP contribution in [0.3, 0.4) is 0 Å². The van der Waals surface area contributed by atoms with Crippen molar-refractivity contribution < 1.29 is 9.47 Å². The smallest absolute Gasteiger partial charge is 0.243 e. The first-order valence-corrected chi connectivity index (χ1v) is 6.88. The van der Waals surface area contributed by atoms with Crippen molar-refractivity contribution in [3.8, 4) is 0 Å². The number of nitrogens with two attached hydrogens (primary N) is 1. The summed E-state index contributed by atoms with van der Waals surface area (Å²) in [5.41, 5.74) is 2.15. The van der Waals surface area contributed by atoms with Gasteiger partial charge in [-0.25, -0.2) is 5.84 Å². The Morgan fingerprint density at radius 3 is 2.52 bits per heavy atom. The lowest BCUT2D eigenvalue weighted by atomic mass is 10.1. The summed E-state index contributed by atoms with van der Waals surface area (Å²) in [6.07, 6.45) is 0. The van der Waals surface area contributed by atoms with E-state index >= 15 is 0 Å². The molecule has 4 N–H and O–H groups in total. The highest BCUT2D eigenvalue weighted by Gasteiger charge is 2.19. The second-order valence-corrected chi connectivity index (χ2v) is 5.34. The first-order valence-electron chi connectivity index (χ1n) is 6.88. The fraction of sp³-hybridized carbons (Fsp3) is 0.750. The number of ether oxygens (including phenoxy) is 2. The Kier molecular flexibility index (Phi) is 5.10. The summed E-state index contributed by atoms with van der Waals surface area (Å²) < 4.78 is 10.7. The highest BCUT2D eigenvalue weighted by Crippen LogP contribution is 2.15. The zero-order chi connectivity index (χ0) is 15.3. The lowest BCUT2D eigenvalue weighted by Crippen LogP contribution is -2.38. The maximum Gasteiger partial charge on any atom is 0.243 e. The number of nitrogens with one attached hydrogen (secondary N) is 2. The summed E-state index contributed by atoms with van der Waals surface area (Å²) in [5.74, 6) is 6.80. The molecule has 118 valence electrons. The molecule has 21 heavy (non-hydrogen) atoms. The van der Waals surface area contributed by atoms with E-state index in [1.165, 1.54) is 0 Å². The molecule has 0 saturated carbocycles. The van der Waals surface area contributed by atoms with Crippen LogP contribution in [0.5, 0.6) is 0 Å². The van der Waals surface area contributed by atoms with Gasteiger partial charge in [-0.05, 0) is 13.8 Å². The number of nitrogen functional groups attached to an aromatic ring is 1. The fourth-order valence-electron chi connectivity index (χ4n) is 1.78. The zero-order valence-electron chi connectivity index (χ0n) is 12.7. The summed E-state index contributed by atoms with van der Waals surface area (Å²) in [7, 11) is 1.67. The molecule has 0 unspecified atom stereocenters. The molecule has 0 amide bonds. The Morgan fingerprint density at radius 2 is 1.90 bits per heavy atom. The van der Waals surface area contributed by atoms with Crippen LogP contribution in [-0.4, -0.2) is 60.5 Å². The molecule has 9 nitrogen and oxygen atoms in total. The van der Waals surface area contributed by atoms with Crippen molar-refractivity contribution in [1.82, 2.24) is 15.0 Å². The lowest BCUT2D eigenvalue weighted by Gasteiger charge is -2.27. The zero-order valence-corrected chi connectivity index (χ0v) is 12.7. The Labute approximate surface area is 124 Å². The number of hydrazine groups is 1. The third kappa shape index (κ3) is 4.38. The van der Waals surface area contributed by atoms with Crippen LogP contribution in [0.25, 0.3) is 0 Å². The molecule has 0 atom stereocenters. The quantitative estimate of drug-likeness (QED) is 0.487. The third-order valence-corrected chi connectivity index (χ3v) is 3.27. The molecule has 1 aliphatic heterocycles. The van der Waals surface area contributed by atoms with Crippen LogP contribution in [0.2, 0.25) is 0 Å². The number of nitrogens with zero attached hydrogens (tertiary/aromatic N) is 4. The van der Waals surface area contributed by atoms with E-state index in [0.29, 0.717) is 37.6 Å². The van der Waals surface area contributed by atoms with Crippen LogP contribution >= 0.6 is 0 Å². The average Bonchev–Trinajstić information content (AvgIpc) is 2.53. The van der Waals surface area contributed by atoms with Crippen LogP contribution in [0.15, 0.2) is 0 Å². The van der Waals surface area contributed by atoms with Crippen LogP contribution in [0.1, 0.15) is 13.8 Å². The van der Waals surface area contributed by atoms with E-state index in [1.807, 2.05) is 18.7 Å². The molecule has 0 radical (unpaired) electrons. The Bertz CT molecular complexity index is 463. The number of anilines is 3. The number of hydrogen-bond acceptors (Lipinski definition) is 9. The highest BCUT2D eigenvalue weighted by atomic mass is 16.5. The SMILES string of the molecule is COC(C)(C)CNc1nc(NN)nc(N2CCOCC2)n1. The maximum absolute atomic E-state index is 5.43. The molecule has 1 aromatic heterocycles. The molecule has 0 spiro atoms. The predicted octanol–water partition coefficient (Wildman–Crippen LogP) is -0.169. The highest BCUT2D eigenvalue weighted by molar-refractivity contribution is 5.43. The number of morpholine rings is 1. The molecule has 1 aliphatic rings. The molecule has 2 rings (SSSR count). The van der Waals surface area contributed by atoms with Gasteiger partial charge in [0.1, 0.15) is 0 Å². The summed E-state index contributed by atoms with van der Waals surface area (Å²) >= 11 is 0. The fourth-order valence-corrected chi connectivity index (χ4v) is 1.78. The molecular formula is C12H23N7O2. The summed E-state index contributed by atoms with van der Waals surface area (Å²) in [4.78, 5) is 15.0. The van der Waals surface area contributed by atoms with Crippen molar-refractivity contribution in [3.63, 3.8) is 0 Å². The first kappa shape index (κ1) is 15.7. The Balaban J connectivity index is 2.13. The van der Waals surface area contributed by atoms with E-state index in [1.54, 1.807) is 7.11 Å². The van der Waals surface area contributed by atoms with Crippen LogP contribution in [-0.2, 0) is 9.47 Å². The van der Waals surface area contributed by atoms with Crippen molar-refractivity contribution >= 4 is 17.8 Å². The van der Waals surface area contributed by atoms with Crippen molar-refractivity contribution in [2.24, 2.45) is 5.84 Å². The van der Waals surface area contributed by atoms with E-state index in [2.05, 4.69) is 25.7 Å². The largest absolute Gasteiger partial charge is 0.378 e. The van der Waals surface area contributed by atoms with Gasteiger partial charge in [0.15, 0.2) is 0 Å². The van der Waals surface area contributed by atoms with Gasteiger partial charge < -0.3 is 19.7 Å². The van der Waals surface area contributed by atoms with Crippen molar-refractivity contribution in [2.45, 2.75) is 19.4 Å². The topological polar surface area (TPSA) is 110 Å². The van der Waals surface area contributed by atoms with Gasteiger partial charge in [-0.3, -0.25) is 5.43 Å². The number of rotatable bonds is 6. The van der Waals surface area contributed by atoms with Crippen molar-refractivity contribution in [1.29, 1.82) is 0 Å².